The number of amides is 2. The van der Waals surface area contributed by atoms with E-state index < -0.39 is 0 Å². The number of carbonyl (C=O) groups excluding carboxylic acids is 2. The van der Waals surface area contributed by atoms with Crippen molar-refractivity contribution in [2.45, 2.75) is 13.8 Å². The van der Waals surface area contributed by atoms with Gasteiger partial charge >= 0.3 is 0 Å². The Morgan fingerprint density at radius 1 is 0.867 bits per heavy atom. The minimum absolute atomic E-state index is 0.302. The average Bonchev–Trinajstić information content (AvgIpc) is 2.76. The zero-order valence-corrected chi connectivity index (χ0v) is 16.8. The van der Waals surface area contributed by atoms with Gasteiger partial charge in [0.1, 0.15) is 11.5 Å². The van der Waals surface area contributed by atoms with E-state index >= 15 is 0 Å². The molecule has 2 amide bonds. The van der Waals surface area contributed by atoms with Crippen molar-refractivity contribution in [1.29, 1.82) is 0 Å². The van der Waals surface area contributed by atoms with E-state index in [1.165, 1.54) is 6.20 Å². The fraction of sp³-hybridized carbons (Fsp3) is 0.174. The molecule has 0 saturated heterocycles. The van der Waals surface area contributed by atoms with Crippen molar-refractivity contribution in [2.75, 3.05) is 23.8 Å². The molecule has 0 bridgehead atoms. The summed E-state index contributed by atoms with van der Waals surface area (Å²) in [5.41, 5.74) is 1.84. The monoisotopic (exact) mass is 405 g/mol. The molecular formula is C23H23N3O4. The molecule has 1 aromatic heterocycles. The Bertz CT molecular complexity index is 1020. The van der Waals surface area contributed by atoms with Gasteiger partial charge < -0.3 is 20.1 Å². The van der Waals surface area contributed by atoms with Crippen LogP contribution in [0.2, 0.25) is 0 Å². The fourth-order valence-electron chi connectivity index (χ4n) is 2.78. The molecule has 3 rings (SSSR count). The van der Waals surface area contributed by atoms with Crippen molar-refractivity contribution >= 4 is 23.2 Å². The van der Waals surface area contributed by atoms with E-state index in [-0.39, 0.29) is 11.8 Å². The number of nitrogens with one attached hydrogen (secondary N) is 2. The molecule has 154 valence electrons. The van der Waals surface area contributed by atoms with E-state index in [1.54, 1.807) is 60.8 Å². The highest BCUT2D eigenvalue weighted by Gasteiger charge is 2.13. The smallest absolute Gasteiger partial charge is 0.257 e. The second-order valence-electron chi connectivity index (χ2n) is 6.25. The Morgan fingerprint density at radius 3 is 2.37 bits per heavy atom. The molecule has 0 aliphatic heterocycles. The quantitative estimate of drug-likeness (QED) is 0.580. The molecule has 7 heteroatoms. The Hall–Kier alpha value is -3.87. The summed E-state index contributed by atoms with van der Waals surface area (Å²) < 4.78 is 11.1. The van der Waals surface area contributed by atoms with Crippen LogP contribution in [0, 0.1) is 0 Å². The number of nitrogens with zero attached hydrogens (tertiary/aromatic N) is 1. The van der Waals surface area contributed by atoms with Crippen LogP contribution >= 0.6 is 0 Å². The van der Waals surface area contributed by atoms with Gasteiger partial charge in [0.05, 0.1) is 24.5 Å². The van der Waals surface area contributed by atoms with Crippen LogP contribution in [0.4, 0.5) is 11.4 Å². The van der Waals surface area contributed by atoms with Crippen molar-refractivity contribution in [3.05, 3.63) is 78.1 Å². The van der Waals surface area contributed by atoms with Crippen LogP contribution in [0.25, 0.3) is 0 Å². The third-order valence-electron chi connectivity index (χ3n) is 4.12. The van der Waals surface area contributed by atoms with E-state index in [0.717, 1.165) is 0 Å². The highest BCUT2D eigenvalue weighted by atomic mass is 16.5. The van der Waals surface area contributed by atoms with E-state index in [4.69, 9.17) is 9.47 Å². The number of aromatic nitrogens is 1. The van der Waals surface area contributed by atoms with Crippen molar-refractivity contribution in [3.8, 4) is 11.5 Å². The Morgan fingerprint density at radius 2 is 1.63 bits per heavy atom. The molecule has 30 heavy (non-hydrogen) atoms. The first kappa shape index (κ1) is 20.9. The van der Waals surface area contributed by atoms with Crippen molar-refractivity contribution in [1.82, 2.24) is 4.98 Å². The minimum Gasteiger partial charge on any atom is -0.494 e. The van der Waals surface area contributed by atoms with Gasteiger partial charge in [0, 0.05) is 29.7 Å². The largest absolute Gasteiger partial charge is 0.494 e. The van der Waals surface area contributed by atoms with Crippen LogP contribution in [-0.4, -0.2) is 30.0 Å². The van der Waals surface area contributed by atoms with Crippen LogP contribution < -0.4 is 20.1 Å². The molecule has 0 unspecified atom stereocenters. The highest BCUT2D eigenvalue weighted by molar-refractivity contribution is 6.07. The van der Waals surface area contributed by atoms with Gasteiger partial charge in [-0.3, -0.25) is 14.6 Å². The van der Waals surface area contributed by atoms with Gasteiger partial charge in [0.15, 0.2) is 0 Å². The SMILES string of the molecule is CCOc1ccc(OCC)c(NC(=O)c2cccc(NC(=O)c3cccnc3)c2)c1. The first-order valence-electron chi connectivity index (χ1n) is 9.63. The molecule has 0 aliphatic carbocycles. The maximum Gasteiger partial charge on any atom is 0.257 e. The standard InChI is InChI=1S/C23H23N3O4/c1-3-29-19-10-11-21(30-4-2)20(14-19)26-22(27)16-7-5-9-18(13-16)25-23(28)17-8-6-12-24-15-17/h5-15H,3-4H2,1-2H3,(H,25,28)(H,26,27). The number of pyridine rings is 1. The maximum absolute atomic E-state index is 12.8. The lowest BCUT2D eigenvalue weighted by atomic mass is 10.1. The van der Waals surface area contributed by atoms with Gasteiger partial charge in [0.25, 0.3) is 11.8 Å². The summed E-state index contributed by atoms with van der Waals surface area (Å²) >= 11 is 0. The summed E-state index contributed by atoms with van der Waals surface area (Å²) in [5.74, 6) is 0.551. The first-order valence-corrected chi connectivity index (χ1v) is 9.63. The van der Waals surface area contributed by atoms with Crippen molar-refractivity contribution in [3.63, 3.8) is 0 Å². The minimum atomic E-state index is -0.331. The molecule has 2 aromatic carbocycles. The molecule has 7 nitrogen and oxygen atoms in total. The third kappa shape index (κ3) is 5.35. The topological polar surface area (TPSA) is 89.5 Å². The molecule has 2 N–H and O–H groups in total. The van der Waals surface area contributed by atoms with Gasteiger partial charge in [-0.05, 0) is 56.3 Å². The summed E-state index contributed by atoms with van der Waals surface area (Å²) in [6.07, 6.45) is 3.07. The lowest BCUT2D eigenvalue weighted by molar-refractivity contribution is 0.101. The lowest BCUT2D eigenvalue weighted by Crippen LogP contribution is -2.15. The fourth-order valence-corrected chi connectivity index (χ4v) is 2.78. The normalized spacial score (nSPS) is 10.2. The summed E-state index contributed by atoms with van der Waals surface area (Å²) in [4.78, 5) is 29.1. The summed E-state index contributed by atoms with van der Waals surface area (Å²) in [7, 11) is 0. The molecule has 0 radical (unpaired) electrons. The van der Waals surface area contributed by atoms with E-state index in [0.29, 0.717) is 47.2 Å². The second-order valence-corrected chi connectivity index (χ2v) is 6.25. The number of carbonyl (C=O) groups is 2. The van der Waals surface area contributed by atoms with Crippen molar-refractivity contribution in [2.24, 2.45) is 0 Å². The highest BCUT2D eigenvalue weighted by Crippen LogP contribution is 2.30. The predicted molar refractivity (Wildman–Crippen MR) is 115 cm³/mol. The number of anilines is 2. The van der Waals surface area contributed by atoms with Crippen molar-refractivity contribution < 1.29 is 19.1 Å². The molecule has 0 fully saturated rings. The summed E-state index contributed by atoms with van der Waals surface area (Å²) in [5, 5.41) is 5.63. The number of rotatable bonds is 8. The van der Waals surface area contributed by atoms with Gasteiger partial charge in [-0.2, -0.15) is 0 Å². The lowest BCUT2D eigenvalue weighted by Gasteiger charge is -2.14. The molecule has 3 aromatic rings. The van der Waals surface area contributed by atoms with Crippen LogP contribution in [0.3, 0.4) is 0 Å². The van der Waals surface area contributed by atoms with E-state index in [1.807, 2.05) is 13.8 Å². The molecule has 0 atom stereocenters. The van der Waals surface area contributed by atoms with Gasteiger partial charge in [0.2, 0.25) is 0 Å². The molecular weight excluding hydrogens is 382 g/mol. The first-order chi connectivity index (χ1) is 14.6. The summed E-state index contributed by atoms with van der Waals surface area (Å²) in [6, 6.07) is 15.3. The number of hydrogen-bond donors (Lipinski definition) is 2. The third-order valence-corrected chi connectivity index (χ3v) is 4.12. The summed E-state index contributed by atoms with van der Waals surface area (Å²) in [6.45, 7) is 4.74. The molecule has 0 saturated carbocycles. The van der Waals surface area contributed by atoms with Crippen LogP contribution in [-0.2, 0) is 0 Å². The van der Waals surface area contributed by atoms with Gasteiger partial charge in [-0.1, -0.05) is 6.07 Å². The maximum atomic E-state index is 12.8. The Labute approximate surface area is 175 Å². The molecule has 0 aliphatic rings. The van der Waals surface area contributed by atoms with E-state index in [9.17, 15) is 9.59 Å². The van der Waals surface area contributed by atoms with Gasteiger partial charge in [-0.25, -0.2) is 0 Å². The van der Waals surface area contributed by atoms with Gasteiger partial charge in [-0.15, -0.1) is 0 Å². The number of benzene rings is 2. The van der Waals surface area contributed by atoms with Crippen LogP contribution in [0.5, 0.6) is 11.5 Å². The molecule has 0 spiro atoms. The average molecular weight is 405 g/mol. The Balaban J connectivity index is 1.77. The van der Waals surface area contributed by atoms with E-state index in [2.05, 4.69) is 15.6 Å². The molecule has 1 heterocycles. The van der Waals surface area contributed by atoms with Crippen LogP contribution in [0.15, 0.2) is 67.0 Å². The number of hydrogen-bond acceptors (Lipinski definition) is 5. The number of ether oxygens (including phenoxy) is 2. The predicted octanol–water partition coefficient (Wildman–Crippen LogP) is 4.38. The Kier molecular flexibility index (Phi) is 7.00. The van der Waals surface area contributed by atoms with Crippen LogP contribution in [0.1, 0.15) is 34.6 Å². The zero-order valence-electron chi connectivity index (χ0n) is 16.8. The zero-order chi connectivity index (χ0) is 21.3. The second kappa shape index (κ2) is 10.1.